The third-order valence-electron chi connectivity index (χ3n) is 4.06. The van der Waals surface area contributed by atoms with Gasteiger partial charge in [-0.2, -0.15) is 24.1 Å². The number of rotatable bonds is 6. The van der Waals surface area contributed by atoms with Gasteiger partial charge in [0.05, 0.1) is 0 Å². The van der Waals surface area contributed by atoms with Crippen LogP contribution >= 0.6 is 11.3 Å². The highest BCUT2D eigenvalue weighted by atomic mass is 32.2. The number of hydrogen-bond acceptors (Lipinski definition) is 4. The van der Waals surface area contributed by atoms with Crippen molar-refractivity contribution in [3.8, 4) is 0 Å². The van der Waals surface area contributed by atoms with E-state index in [9.17, 15) is 8.42 Å². The average molecular weight is 332 g/mol. The van der Waals surface area contributed by atoms with Gasteiger partial charge in [0.1, 0.15) is 0 Å². The van der Waals surface area contributed by atoms with E-state index in [0.717, 1.165) is 24.8 Å². The molecule has 1 aromatic rings. The first-order chi connectivity index (χ1) is 9.92. The van der Waals surface area contributed by atoms with E-state index < -0.39 is 10.2 Å². The zero-order chi connectivity index (χ0) is 15.5. The van der Waals surface area contributed by atoms with Crippen LogP contribution in [0.5, 0.6) is 0 Å². The SMILES string of the molecule is C[C@H]1CCCCN1S(=O)(=O)NC[C@@H](c1ccsc1)N(C)C. The van der Waals surface area contributed by atoms with Crippen LogP contribution < -0.4 is 4.72 Å². The molecule has 0 radical (unpaired) electrons. The van der Waals surface area contributed by atoms with E-state index in [4.69, 9.17) is 0 Å². The maximum atomic E-state index is 12.5. The molecule has 120 valence electrons. The van der Waals surface area contributed by atoms with E-state index >= 15 is 0 Å². The predicted octanol–water partition coefficient (Wildman–Crippen LogP) is 2.06. The summed E-state index contributed by atoms with van der Waals surface area (Å²) in [5, 5.41) is 4.09. The molecule has 5 nitrogen and oxygen atoms in total. The zero-order valence-corrected chi connectivity index (χ0v) is 14.6. The molecule has 1 aromatic heterocycles. The average Bonchev–Trinajstić information content (AvgIpc) is 2.92. The van der Waals surface area contributed by atoms with Gasteiger partial charge in [0, 0.05) is 25.2 Å². The highest BCUT2D eigenvalue weighted by Crippen LogP contribution is 2.22. The summed E-state index contributed by atoms with van der Waals surface area (Å²) in [4.78, 5) is 2.05. The van der Waals surface area contributed by atoms with Gasteiger partial charge >= 0.3 is 0 Å². The van der Waals surface area contributed by atoms with E-state index in [1.807, 2.05) is 37.4 Å². The van der Waals surface area contributed by atoms with Crippen LogP contribution in [0.4, 0.5) is 0 Å². The van der Waals surface area contributed by atoms with E-state index in [-0.39, 0.29) is 12.1 Å². The molecule has 1 fully saturated rings. The number of nitrogens with one attached hydrogen (secondary N) is 1. The fourth-order valence-corrected chi connectivity index (χ4v) is 4.95. The Hall–Kier alpha value is -0.470. The summed E-state index contributed by atoms with van der Waals surface area (Å²) in [7, 11) is 0.553. The first kappa shape index (κ1) is 16.9. The molecule has 0 aliphatic carbocycles. The maximum Gasteiger partial charge on any atom is 0.279 e. The fraction of sp³-hybridized carbons (Fsp3) is 0.714. The number of thiophene rings is 1. The molecule has 7 heteroatoms. The molecule has 1 aliphatic heterocycles. The highest BCUT2D eigenvalue weighted by Gasteiger charge is 2.30. The van der Waals surface area contributed by atoms with Gasteiger partial charge in [-0.25, -0.2) is 4.72 Å². The second kappa shape index (κ2) is 7.19. The Labute approximate surface area is 132 Å². The Morgan fingerprint density at radius 1 is 1.48 bits per heavy atom. The van der Waals surface area contributed by atoms with Gasteiger partial charge in [0.2, 0.25) is 0 Å². The Bertz CT molecular complexity index is 528. The van der Waals surface area contributed by atoms with Gasteiger partial charge < -0.3 is 4.90 Å². The lowest BCUT2D eigenvalue weighted by Gasteiger charge is -2.33. The third-order valence-corrected chi connectivity index (χ3v) is 6.45. The van der Waals surface area contributed by atoms with Crippen molar-refractivity contribution in [2.24, 2.45) is 0 Å². The van der Waals surface area contributed by atoms with Crippen LogP contribution in [-0.4, -0.2) is 50.8 Å². The van der Waals surface area contributed by atoms with Crippen LogP contribution in [0.15, 0.2) is 16.8 Å². The standard InChI is InChI=1S/C14H25N3O2S2/c1-12-6-4-5-8-17(12)21(18,19)15-10-14(16(2)3)13-7-9-20-11-13/h7,9,11-12,14-15H,4-6,8,10H2,1-3H3/t12-,14-/m0/s1. The Morgan fingerprint density at radius 3 is 2.81 bits per heavy atom. The topological polar surface area (TPSA) is 52.7 Å². The lowest BCUT2D eigenvalue weighted by molar-refractivity contribution is 0.259. The normalized spacial score (nSPS) is 22.6. The van der Waals surface area contributed by atoms with Crippen molar-refractivity contribution < 1.29 is 8.42 Å². The monoisotopic (exact) mass is 331 g/mol. The first-order valence-corrected chi connectivity index (χ1v) is 9.75. The molecule has 2 heterocycles. The Morgan fingerprint density at radius 2 is 2.24 bits per heavy atom. The number of nitrogens with zero attached hydrogens (tertiary/aromatic N) is 2. The molecule has 2 rings (SSSR count). The van der Waals surface area contributed by atoms with Crippen molar-refractivity contribution >= 4 is 21.5 Å². The smallest absolute Gasteiger partial charge is 0.279 e. The minimum absolute atomic E-state index is 0.0612. The molecule has 0 unspecified atom stereocenters. The van der Waals surface area contributed by atoms with Crippen LogP contribution in [0.2, 0.25) is 0 Å². The lowest BCUT2D eigenvalue weighted by Crippen LogP contribution is -2.49. The van der Waals surface area contributed by atoms with Crippen molar-refractivity contribution in [2.75, 3.05) is 27.2 Å². The number of likely N-dealkylation sites (N-methyl/N-ethyl adjacent to an activating group) is 1. The number of piperidine rings is 1. The van der Waals surface area contributed by atoms with Gasteiger partial charge in [0.15, 0.2) is 0 Å². The Balaban J connectivity index is 2.02. The third kappa shape index (κ3) is 4.26. The maximum absolute atomic E-state index is 12.5. The quantitative estimate of drug-likeness (QED) is 0.868. The molecule has 0 bridgehead atoms. The van der Waals surface area contributed by atoms with Gasteiger partial charge in [-0.15, -0.1) is 0 Å². The minimum Gasteiger partial charge on any atom is -0.301 e. The van der Waals surface area contributed by atoms with Crippen molar-refractivity contribution in [3.05, 3.63) is 22.4 Å². The summed E-state index contributed by atoms with van der Waals surface area (Å²) in [5.41, 5.74) is 1.15. The van der Waals surface area contributed by atoms with Crippen LogP contribution in [0.3, 0.4) is 0 Å². The molecule has 2 atom stereocenters. The van der Waals surface area contributed by atoms with E-state index in [1.165, 1.54) is 0 Å². The van der Waals surface area contributed by atoms with Gasteiger partial charge in [-0.3, -0.25) is 0 Å². The molecule has 0 aromatic carbocycles. The molecule has 1 N–H and O–H groups in total. The van der Waals surface area contributed by atoms with Crippen LogP contribution in [0.25, 0.3) is 0 Å². The molecule has 0 amide bonds. The zero-order valence-electron chi connectivity index (χ0n) is 12.9. The second-order valence-electron chi connectivity index (χ2n) is 5.85. The molecule has 0 spiro atoms. The predicted molar refractivity (Wildman–Crippen MR) is 87.7 cm³/mol. The Kier molecular flexibility index (Phi) is 5.79. The molecule has 1 aliphatic rings. The van der Waals surface area contributed by atoms with Crippen LogP contribution in [-0.2, 0) is 10.2 Å². The summed E-state index contributed by atoms with van der Waals surface area (Å²) in [6.07, 6.45) is 3.01. The fourth-order valence-electron chi connectivity index (χ4n) is 2.76. The molecule has 21 heavy (non-hydrogen) atoms. The van der Waals surface area contributed by atoms with Gasteiger partial charge in [-0.1, -0.05) is 6.42 Å². The number of hydrogen-bond donors (Lipinski definition) is 1. The summed E-state index contributed by atoms with van der Waals surface area (Å²) in [5.74, 6) is 0. The summed E-state index contributed by atoms with van der Waals surface area (Å²) in [6, 6.07) is 2.20. The van der Waals surface area contributed by atoms with Gasteiger partial charge in [-0.05, 0) is 56.3 Å². The van der Waals surface area contributed by atoms with Crippen LogP contribution in [0.1, 0.15) is 37.8 Å². The molecular weight excluding hydrogens is 306 g/mol. The highest BCUT2D eigenvalue weighted by molar-refractivity contribution is 7.87. The van der Waals surface area contributed by atoms with Gasteiger partial charge in [0.25, 0.3) is 10.2 Å². The molecule has 0 saturated carbocycles. The van der Waals surface area contributed by atoms with Crippen molar-refractivity contribution in [1.82, 2.24) is 13.9 Å². The van der Waals surface area contributed by atoms with E-state index in [1.54, 1.807) is 15.6 Å². The summed E-state index contributed by atoms with van der Waals surface area (Å²) >= 11 is 1.63. The van der Waals surface area contributed by atoms with Crippen molar-refractivity contribution in [2.45, 2.75) is 38.3 Å². The summed E-state index contributed by atoms with van der Waals surface area (Å²) < 4.78 is 29.4. The molecular formula is C14H25N3O2S2. The van der Waals surface area contributed by atoms with Crippen molar-refractivity contribution in [3.63, 3.8) is 0 Å². The van der Waals surface area contributed by atoms with E-state index in [0.29, 0.717) is 13.1 Å². The van der Waals surface area contributed by atoms with Crippen molar-refractivity contribution in [1.29, 1.82) is 0 Å². The van der Waals surface area contributed by atoms with E-state index in [2.05, 4.69) is 10.1 Å². The lowest BCUT2D eigenvalue weighted by atomic mass is 10.1. The second-order valence-corrected chi connectivity index (χ2v) is 8.33. The largest absolute Gasteiger partial charge is 0.301 e. The molecule has 1 saturated heterocycles. The minimum atomic E-state index is -3.39. The first-order valence-electron chi connectivity index (χ1n) is 7.37. The van der Waals surface area contributed by atoms with Crippen LogP contribution in [0, 0.1) is 0 Å². The summed E-state index contributed by atoms with van der Waals surface area (Å²) in [6.45, 7) is 3.01.